The molecule has 9 heteroatoms. The number of nitrogens with one attached hydrogen (secondary N) is 1. The lowest BCUT2D eigenvalue weighted by Gasteiger charge is -2.63. The summed E-state index contributed by atoms with van der Waals surface area (Å²) in [7, 11) is 1.39. The van der Waals surface area contributed by atoms with Crippen LogP contribution in [0.15, 0.2) is 133 Å². The van der Waals surface area contributed by atoms with Crippen molar-refractivity contribution in [1.82, 2.24) is 5.32 Å². The minimum Gasteiger partial charge on any atom is -0.506 e. The smallest absolute Gasteiger partial charge is 0.425 e. The predicted octanol–water partition coefficient (Wildman–Crippen LogP) is 8.41. The molecule has 2 bridgehead atoms. The monoisotopic (exact) mass is 723 g/mol. The van der Waals surface area contributed by atoms with E-state index < -0.39 is 35.2 Å². The maximum absolute atomic E-state index is 14.5. The lowest BCUT2D eigenvalue weighted by atomic mass is 9.50. The molecule has 2 aliphatic heterocycles. The number of rotatable bonds is 10. The fourth-order valence-electron chi connectivity index (χ4n) is 10.8. The lowest BCUT2D eigenvalue weighted by molar-refractivity contribution is -0.959. The van der Waals surface area contributed by atoms with Crippen LogP contribution in [0.4, 0.5) is 13.2 Å². The van der Waals surface area contributed by atoms with E-state index in [0.29, 0.717) is 0 Å². The number of methoxy groups -OCH3 is 1. The second kappa shape index (κ2) is 13.4. The van der Waals surface area contributed by atoms with Gasteiger partial charge in [-0.25, -0.2) is 0 Å². The fourth-order valence-corrected chi connectivity index (χ4v) is 10.8. The van der Waals surface area contributed by atoms with Crippen LogP contribution >= 0.6 is 0 Å². The molecular weight excluding hydrogens is 677 g/mol. The Labute approximate surface area is 308 Å². The number of halogens is 3. The third-order valence-electron chi connectivity index (χ3n) is 13.0. The number of alkyl halides is 3. The van der Waals surface area contributed by atoms with Crippen LogP contribution in [0.2, 0.25) is 0 Å². The van der Waals surface area contributed by atoms with Gasteiger partial charge in [0.1, 0.15) is 11.9 Å². The van der Waals surface area contributed by atoms with E-state index in [1.54, 1.807) is 12.1 Å². The van der Waals surface area contributed by atoms with Gasteiger partial charge in [-0.3, -0.25) is 4.79 Å². The number of aliphatic hydroxyl groups is 1. The van der Waals surface area contributed by atoms with Crippen LogP contribution in [0.3, 0.4) is 0 Å². The molecule has 3 fully saturated rings. The van der Waals surface area contributed by atoms with Crippen molar-refractivity contribution in [3.05, 3.63) is 149 Å². The minimum absolute atomic E-state index is 0.112. The molecule has 3 aromatic rings. The molecule has 1 amide bonds. The van der Waals surface area contributed by atoms with Gasteiger partial charge in [-0.15, -0.1) is 0 Å². The SMILES string of the molecule is C=CC[N+]1(CC(c2ccccc2)c2ccccc2)CC[C@]23C4=C5C=CC(NC(=O)C(=C(O)c6ccccc6)C(F)(F)F)(OC)C4O[C@H]2CCC[C@H]3[C@H]1C5. The van der Waals surface area contributed by atoms with Crippen LogP contribution in [-0.4, -0.2) is 72.4 Å². The van der Waals surface area contributed by atoms with Gasteiger partial charge in [0.15, 0.2) is 11.3 Å². The zero-order valence-electron chi connectivity index (χ0n) is 29.9. The van der Waals surface area contributed by atoms with Crippen molar-refractivity contribution in [2.24, 2.45) is 11.3 Å². The largest absolute Gasteiger partial charge is 0.506 e. The van der Waals surface area contributed by atoms with Crippen LogP contribution < -0.4 is 5.32 Å². The maximum atomic E-state index is 14.5. The summed E-state index contributed by atoms with van der Waals surface area (Å²) in [6.45, 7) is 6.89. The first-order chi connectivity index (χ1) is 25.6. The van der Waals surface area contributed by atoms with Crippen LogP contribution in [0.1, 0.15) is 54.7 Å². The molecule has 53 heavy (non-hydrogen) atoms. The molecule has 3 aliphatic carbocycles. The molecule has 3 unspecified atom stereocenters. The molecule has 6 nitrogen and oxygen atoms in total. The van der Waals surface area contributed by atoms with Crippen LogP contribution in [0, 0.1) is 11.3 Å². The number of likely N-dealkylation sites (tertiary alicyclic amines) is 1. The third-order valence-corrected chi connectivity index (χ3v) is 13.0. The van der Waals surface area contributed by atoms with Crippen molar-refractivity contribution < 1.29 is 37.0 Å². The number of hydrogen-bond acceptors (Lipinski definition) is 4. The predicted molar refractivity (Wildman–Crippen MR) is 197 cm³/mol. The molecule has 5 aliphatic rings. The Balaban J connectivity index is 1.18. The number of amides is 1. The van der Waals surface area contributed by atoms with E-state index in [9.17, 15) is 23.1 Å². The average Bonchev–Trinajstić information content (AvgIpc) is 3.52. The molecule has 1 saturated carbocycles. The molecule has 8 rings (SSSR count). The second-order valence-electron chi connectivity index (χ2n) is 15.4. The van der Waals surface area contributed by atoms with Crippen molar-refractivity contribution in [2.45, 2.75) is 68.2 Å². The van der Waals surface area contributed by atoms with E-state index in [2.05, 4.69) is 78.6 Å². The zero-order valence-corrected chi connectivity index (χ0v) is 29.9. The molecule has 0 aromatic heterocycles. The maximum Gasteiger partial charge on any atom is 0.425 e. The summed E-state index contributed by atoms with van der Waals surface area (Å²) in [5.41, 5.74) is 0.936. The van der Waals surface area contributed by atoms with Gasteiger partial charge in [-0.1, -0.05) is 110 Å². The fraction of sp³-hybridized carbons (Fsp3) is 0.386. The van der Waals surface area contributed by atoms with E-state index in [1.165, 1.54) is 42.5 Å². The Morgan fingerprint density at radius 3 is 2.28 bits per heavy atom. The Morgan fingerprint density at radius 1 is 1.04 bits per heavy atom. The topological polar surface area (TPSA) is 67.8 Å². The summed E-state index contributed by atoms with van der Waals surface area (Å²) < 4.78 is 57.5. The number of ether oxygens (including phenoxy) is 2. The molecule has 0 radical (unpaired) electrons. The number of hydrogen-bond donors (Lipinski definition) is 2. The van der Waals surface area contributed by atoms with E-state index in [4.69, 9.17) is 9.47 Å². The first kappa shape index (κ1) is 35.6. The average molecular weight is 724 g/mol. The van der Waals surface area contributed by atoms with Crippen molar-refractivity contribution in [1.29, 1.82) is 0 Å². The number of carbonyl (C=O) groups is 1. The summed E-state index contributed by atoms with van der Waals surface area (Å²) in [4.78, 5) is 13.8. The van der Waals surface area contributed by atoms with Gasteiger partial charge in [-0.2, -0.15) is 13.2 Å². The van der Waals surface area contributed by atoms with E-state index in [-0.39, 0.29) is 35.0 Å². The number of allylic oxidation sites excluding steroid dienone is 1. The molecule has 1 spiro atoms. The van der Waals surface area contributed by atoms with Gasteiger partial charge >= 0.3 is 6.18 Å². The van der Waals surface area contributed by atoms with Gasteiger partial charge in [0.05, 0.1) is 37.7 Å². The molecular formula is C44H46F3N2O4+. The van der Waals surface area contributed by atoms with Crippen molar-refractivity contribution in [2.75, 3.05) is 26.7 Å². The summed E-state index contributed by atoms with van der Waals surface area (Å²) in [6, 6.07) is 29.0. The normalized spacial score (nSPS) is 31.9. The summed E-state index contributed by atoms with van der Waals surface area (Å²) in [6.07, 6.45) is 4.03. The third kappa shape index (κ3) is 5.70. The van der Waals surface area contributed by atoms with E-state index >= 15 is 0 Å². The number of benzene rings is 3. The van der Waals surface area contributed by atoms with Crippen LogP contribution in [0.5, 0.6) is 0 Å². The highest BCUT2D eigenvalue weighted by atomic mass is 19.4. The Morgan fingerprint density at radius 2 is 1.68 bits per heavy atom. The van der Waals surface area contributed by atoms with Gasteiger partial charge in [0.25, 0.3) is 5.91 Å². The summed E-state index contributed by atoms with van der Waals surface area (Å²) >= 11 is 0. The number of nitrogens with zero attached hydrogens (tertiary/aromatic N) is 1. The van der Waals surface area contributed by atoms with Gasteiger partial charge < -0.3 is 24.4 Å². The summed E-state index contributed by atoms with van der Waals surface area (Å²) in [5, 5.41) is 13.4. The lowest BCUT2D eigenvalue weighted by Crippen LogP contribution is -2.71. The van der Waals surface area contributed by atoms with E-state index in [0.717, 1.165) is 67.4 Å². The number of aliphatic hydroxyl groups excluding tert-OH is 1. The highest BCUT2D eigenvalue weighted by Crippen LogP contribution is 2.67. The Hall–Kier alpha value is -4.44. The zero-order chi connectivity index (χ0) is 37.0. The quantitative estimate of drug-likeness (QED) is 0.0725. The summed E-state index contributed by atoms with van der Waals surface area (Å²) in [5.74, 6) is -2.17. The molecule has 276 valence electrons. The first-order valence-corrected chi connectivity index (χ1v) is 18.7. The first-order valence-electron chi connectivity index (χ1n) is 18.7. The van der Waals surface area contributed by atoms with Gasteiger partial charge in [0.2, 0.25) is 0 Å². The highest BCUT2D eigenvalue weighted by Gasteiger charge is 2.71. The Bertz CT molecular complexity index is 1920. The van der Waals surface area contributed by atoms with Gasteiger partial charge in [0, 0.05) is 36.8 Å². The number of carbonyl (C=O) groups excluding carboxylic acids is 1. The standard InChI is InChI=1S/C44H45F3N2O4/c1-3-25-49(28-33(29-14-7-4-8-15-29)30-16-9-5-10-17-30)26-24-42-34-20-13-21-36(42)53-40-37(42)32(27-35(34)49)22-23-43(40,52-2)48-41(51)38(44(45,46)47)39(50)31-18-11-6-12-19-31/h3-12,14-19,22-23,33-36,40H,1,13,20-21,24-28H2,2H3,(H-,48,50,51)/p+1/t34-,35+,36-,40?,42+,43?,49?/m0/s1. The molecule has 2 heterocycles. The van der Waals surface area contributed by atoms with Crippen molar-refractivity contribution in [3.63, 3.8) is 0 Å². The number of quaternary nitrogens is 1. The minimum atomic E-state index is -5.14. The van der Waals surface area contributed by atoms with Crippen LogP contribution in [0.25, 0.3) is 5.76 Å². The molecule has 2 N–H and O–H groups in total. The van der Waals surface area contributed by atoms with Crippen molar-refractivity contribution >= 4 is 11.7 Å². The Kier molecular flexibility index (Phi) is 9.03. The molecule has 2 saturated heterocycles. The highest BCUT2D eigenvalue weighted by molar-refractivity contribution is 6.01. The number of piperidine rings is 1. The van der Waals surface area contributed by atoms with E-state index in [1.807, 2.05) is 6.08 Å². The van der Waals surface area contributed by atoms with Crippen LogP contribution in [-0.2, 0) is 14.3 Å². The second-order valence-corrected chi connectivity index (χ2v) is 15.4. The molecule has 3 aromatic carbocycles. The molecule has 7 atom stereocenters. The van der Waals surface area contributed by atoms with Crippen molar-refractivity contribution in [3.8, 4) is 0 Å². The van der Waals surface area contributed by atoms with Gasteiger partial charge in [-0.05, 0) is 47.3 Å².